The van der Waals surface area contributed by atoms with Crippen LogP contribution in [0.1, 0.15) is 70.2 Å². The number of aliphatic hydroxyl groups is 1. The molecule has 0 saturated carbocycles. The van der Waals surface area contributed by atoms with Gasteiger partial charge in [-0.2, -0.15) is 4.98 Å². The lowest BCUT2D eigenvalue weighted by molar-refractivity contribution is -0.106. The van der Waals surface area contributed by atoms with E-state index in [4.69, 9.17) is 19.2 Å². The maximum absolute atomic E-state index is 8.81. The van der Waals surface area contributed by atoms with Gasteiger partial charge in [0.2, 0.25) is 0 Å². The van der Waals surface area contributed by atoms with Crippen LogP contribution in [0.5, 0.6) is 5.75 Å². The van der Waals surface area contributed by atoms with Crippen LogP contribution in [0.25, 0.3) is 11.1 Å². The average molecular weight is 549 g/mol. The quantitative estimate of drug-likeness (QED) is 0.427. The number of aryl methyl sites for hydroxylation is 1. The van der Waals surface area contributed by atoms with Crippen molar-refractivity contribution in [3.8, 4) is 16.9 Å². The number of hydrogen-bond acceptors (Lipinski definition) is 8. The Labute approximate surface area is 238 Å². The van der Waals surface area contributed by atoms with Crippen molar-refractivity contribution in [3.63, 3.8) is 0 Å². The molecule has 3 aromatic rings. The van der Waals surface area contributed by atoms with Crippen LogP contribution < -0.4 is 9.64 Å². The number of hydrogen-bond donors (Lipinski definition) is 1. The summed E-state index contributed by atoms with van der Waals surface area (Å²) in [4.78, 5) is 17.8. The van der Waals surface area contributed by atoms with Gasteiger partial charge in [-0.05, 0) is 75.0 Å². The molecule has 1 aromatic heterocycles. The Morgan fingerprint density at radius 2 is 1.80 bits per heavy atom. The molecule has 2 fully saturated rings. The average Bonchev–Trinajstić information content (AvgIpc) is 3.64. The van der Waals surface area contributed by atoms with Gasteiger partial charge >= 0.3 is 6.01 Å². The molecule has 216 valence electrons. The lowest BCUT2D eigenvalue weighted by Crippen LogP contribution is -2.50. The van der Waals surface area contributed by atoms with Gasteiger partial charge in [0.05, 0.1) is 6.61 Å². The first-order valence-corrected chi connectivity index (χ1v) is 14.5. The standard InChI is InChI=1S/C24H27N3O2.C6H13NO.C2H4O/c1-17(2)22-25-23(29-26-22)27-14-12-24(13-15-27)11-10-20-16-19(8-9-21(20)28-24)18-6-4-3-5-7-18;1-7-4-2-3-6(7)5-8;1-2-3/h3-9,16-17H,10-15H2,1-2H3;6,8H,2-5H2,1H3;2H,1H3. The molecule has 4 heterocycles. The smallest absolute Gasteiger partial charge is 0.324 e. The summed E-state index contributed by atoms with van der Waals surface area (Å²) in [5.41, 5.74) is 3.76. The zero-order valence-corrected chi connectivity index (χ0v) is 24.4. The highest BCUT2D eigenvalue weighted by molar-refractivity contribution is 5.65. The number of ether oxygens (including phenoxy) is 1. The third-order valence-corrected chi connectivity index (χ3v) is 8.12. The van der Waals surface area contributed by atoms with Crippen LogP contribution in [-0.2, 0) is 11.2 Å². The third-order valence-electron chi connectivity index (χ3n) is 8.12. The number of aliphatic hydroxyl groups excluding tert-OH is 1. The number of carbonyl (C=O) groups excluding carboxylic acids is 1. The lowest BCUT2D eigenvalue weighted by Gasteiger charge is -2.44. The topological polar surface area (TPSA) is 91.9 Å². The minimum Gasteiger partial charge on any atom is -0.487 e. The van der Waals surface area contributed by atoms with Crippen molar-refractivity contribution in [3.05, 3.63) is 59.9 Å². The number of likely N-dealkylation sites (tertiary alicyclic amines) is 1. The molecule has 2 aromatic carbocycles. The molecule has 1 spiro atoms. The normalized spacial score (nSPS) is 19.6. The highest BCUT2D eigenvalue weighted by Gasteiger charge is 2.40. The molecule has 1 atom stereocenters. The van der Waals surface area contributed by atoms with Gasteiger partial charge in [0, 0.05) is 37.9 Å². The van der Waals surface area contributed by atoms with Gasteiger partial charge < -0.3 is 29.0 Å². The molecule has 3 aliphatic heterocycles. The molecular weight excluding hydrogens is 504 g/mol. The number of likely N-dealkylation sites (N-methyl/N-ethyl adjacent to an activating group) is 1. The highest BCUT2D eigenvalue weighted by Crippen LogP contribution is 2.41. The maximum Gasteiger partial charge on any atom is 0.324 e. The Kier molecular flexibility index (Phi) is 10.3. The molecule has 1 unspecified atom stereocenters. The second kappa shape index (κ2) is 13.9. The van der Waals surface area contributed by atoms with Gasteiger partial charge in [-0.3, -0.25) is 0 Å². The zero-order chi connectivity index (χ0) is 28.5. The molecule has 0 bridgehead atoms. The van der Waals surface area contributed by atoms with E-state index >= 15 is 0 Å². The fraction of sp³-hybridized carbons (Fsp3) is 0.531. The summed E-state index contributed by atoms with van der Waals surface area (Å²) >= 11 is 0. The minimum absolute atomic E-state index is 0.0708. The van der Waals surface area contributed by atoms with E-state index in [-0.39, 0.29) is 11.5 Å². The number of anilines is 1. The van der Waals surface area contributed by atoms with E-state index in [0.717, 1.165) is 63.2 Å². The Hall–Kier alpha value is -3.23. The Balaban J connectivity index is 0.000000284. The summed E-state index contributed by atoms with van der Waals surface area (Å²) in [6.07, 6.45) is 7.26. The van der Waals surface area contributed by atoms with E-state index in [1.54, 1.807) is 0 Å². The summed E-state index contributed by atoms with van der Waals surface area (Å²) in [6, 6.07) is 18.3. The second-order valence-electron chi connectivity index (χ2n) is 11.2. The summed E-state index contributed by atoms with van der Waals surface area (Å²) in [7, 11) is 2.06. The molecule has 40 heavy (non-hydrogen) atoms. The monoisotopic (exact) mass is 548 g/mol. The van der Waals surface area contributed by atoms with Crippen molar-refractivity contribution in [1.82, 2.24) is 15.0 Å². The number of rotatable bonds is 4. The fourth-order valence-corrected chi connectivity index (χ4v) is 5.59. The molecule has 0 amide bonds. The number of fused-ring (bicyclic) bond motifs is 1. The van der Waals surface area contributed by atoms with E-state index in [9.17, 15) is 0 Å². The van der Waals surface area contributed by atoms with Gasteiger partial charge in [-0.25, -0.2) is 0 Å². The first-order chi connectivity index (χ1) is 19.4. The second-order valence-corrected chi connectivity index (χ2v) is 11.2. The molecule has 8 nitrogen and oxygen atoms in total. The van der Waals surface area contributed by atoms with Crippen LogP contribution in [-0.4, -0.2) is 71.4 Å². The summed E-state index contributed by atoms with van der Waals surface area (Å²) in [6.45, 7) is 8.86. The molecule has 1 N–H and O–H groups in total. The predicted molar refractivity (Wildman–Crippen MR) is 158 cm³/mol. The van der Waals surface area contributed by atoms with Crippen LogP contribution in [0, 0.1) is 0 Å². The van der Waals surface area contributed by atoms with Crippen molar-refractivity contribution in [1.29, 1.82) is 0 Å². The number of piperidine rings is 1. The number of carbonyl (C=O) groups is 1. The SMILES string of the molecule is CC(C)c1noc(N2CCC3(CCc4cc(-c5ccccc5)ccc4O3)CC2)n1.CC=O.CN1CCCC1CO. The van der Waals surface area contributed by atoms with Gasteiger partial charge in [-0.1, -0.05) is 55.4 Å². The lowest BCUT2D eigenvalue weighted by atomic mass is 9.82. The predicted octanol–water partition coefficient (Wildman–Crippen LogP) is 5.50. The minimum atomic E-state index is -0.0708. The molecule has 6 rings (SSSR count). The van der Waals surface area contributed by atoms with Crippen molar-refractivity contribution in [2.45, 2.75) is 76.9 Å². The highest BCUT2D eigenvalue weighted by atomic mass is 16.5. The maximum atomic E-state index is 8.81. The molecule has 2 saturated heterocycles. The summed E-state index contributed by atoms with van der Waals surface area (Å²) in [5, 5.41) is 12.8. The summed E-state index contributed by atoms with van der Waals surface area (Å²) < 4.78 is 12.1. The van der Waals surface area contributed by atoms with E-state index in [0.29, 0.717) is 18.7 Å². The molecule has 0 aliphatic carbocycles. The molecular formula is C32H44N4O4. The first-order valence-electron chi connectivity index (χ1n) is 14.5. The van der Waals surface area contributed by atoms with Crippen LogP contribution in [0.15, 0.2) is 53.1 Å². The van der Waals surface area contributed by atoms with E-state index < -0.39 is 0 Å². The Bertz CT molecular complexity index is 1200. The molecule has 8 heteroatoms. The van der Waals surface area contributed by atoms with Gasteiger partial charge in [0.1, 0.15) is 17.6 Å². The van der Waals surface area contributed by atoms with Crippen molar-refractivity contribution < 1.29 is 19.2 Å². The number of aromatic nitrogens is 2. The number of nitrogens with zero attached hydrogens (tertiary/aromatic N) is 4. The van der Waals surface area contributed by atoms with Crippen molar-refractivity contribution in [2.75, 3.05) is 38.2 Å². The zero-order valence-electron chi connectivity index (χ0n) is 24.4. The third kappa shape index (κ3) is 7.29. The molecule has 0 radical (unpaired) electrons. The van der Waals surface area contributed by atoms with Crippen LogP contribution >= 0.6 is 0 Å². The van der Waals surface area contributed by atoms with Crippen molar-refractivity contribution >= 4 is 12.3 Å². The van der Waals surface area contributed by atoms with Crippen LogP contribution in [0.4, 0.5) is 6.01 Å². The number of benzene rings is 2. The van der Waals surface area contributed by atoms with E-state index in [2.05, 4.69) is 89.4 Å². The fourth-order valence-electron chi connectivity index (χ4n) is 5.59. The van der Waals surface area contributed by atoms with Crippen molar-refractivity contribution in [2.24, 2.45) is 0 Å². The largest absolute Gasteiger partial charge is 0.487 e. The number of aldehydes is 1. The summed E-state index contributed by atoms with van der Waals surface area (Å²) in [5.74, 6) is 2.10. The Morgan fingerprint density at radius 1 is 1.07 bits per heavy atom. The van der Waals surface area contributed by atoms with E-state index in [1.807, 2.05) is 0 Å². The first kappa shape index (κ1) is 29.7. The van der Waals surface area contributed by atoms with E-state index in [1.165, 1.54) is 36.5 Å². The van der Waals surface area contributed by atoms with Gasteiger partial charge in [0.15, 0.2) is 5.82 Å². The van der Waals surface area contributed by atoms with Gasteiger partial charge in [-0.15, -0.1) is 0 Å². The van der Waals surface area contributed by atoms with Crippen LogP contribution in [0.2, 0.25) is 0 Å². The molecule has 3 aliphatic rings. The van der Waals surface area contributed by atoms with Crippen LogP contribution in [0.3, 0.4) is 0 Å². The Morgan fingerprint density at radius 3 is 2.38 bits per heavy atom. The van der Waals surface area contributed by atoms with Gasteiger partial charge in [0.25, 0.3) is 0 Å².